The highest BCUT2D eigenvalue weighted by Crippen LogP contribution is 2.43. The molecule has 1 saturated carbocycles. The first-order chi connectivity index (χ1) is 14.0. The molecule has 1 atom stereocenters. The van der Waals surface area contributed by atoms with Gasteiger partial charge in [-0.25, -0.2) is 4.79 Å². The minimum Gasteiger partial charge on any atom is -0.454 e. The van der Waals surface area contributed by atoms with E-state index in [-0.39, 0.29) is 23.8 Å². The van der Waals surface area contributed by atoms with Crippen molar-refractivity contribution >= 4 is 23.8 Å². The molecule has 2 aliphatic heterocycles. The SMILES string of the molecule is CC1CCCN(C(=O)COC(=O)CN2C(=O)NC3(CCC(C(C)(C)C)CC3)C2=O)C1. The maximum Gasteiger partial charge on any atom is 0.326 e. The van der Waals surface area contributed by atoms with Crippen molar-refractivity contribution in [2.45, 2.75) is 71.8 Å². The molecule has 0 aromatic carbocycles. The largest absolute Gasteiger partial charge is 0.454 e. The van der Waals surface area contributed by atoms with Gasteiger partial charge >= 0.3 is 12.0 Å². The van der Waals surface area contributed by atoms with E-state index in [2.05, 4.69) is 33.0 Å². The number of amides is 4. The van der Waals surface area contributed by atoms with E-state index in [1.807, 2.05) is 0 Å². The molecule has 30 heavy (non-hydrogen) atoms. The van der Waals surface area contributed by atoms with Crippen molar-refractivity contribution in [3.63, 3.8) is 0 Å². The Morgan fingerprint density at radius 1 is 1.17 bits per heavy atom. The summed E-state index contributed by atoms with van der Waals surface area (Å²) in [6.07, 6.45) is 4.91. The smallest absolute Gasteiger partial charge is 0.326 e. The number of nitrogens with one attached hydrogen (secondary N) is 1. The fourth-order valence-corrected chi connectivity index (χ4v) is 4.96. The van der Waals surface area contributed by atoms with Crippen molar-refractivity contribution in [3.8, 4) is 0 Å². The van der Waals surface area contributed by atoms with Gasteiger partial charge in [0, 0.05) is 13.1 Å². The number of hydrogen-bond acceptors (Lipinski definition) is 5. The van der Waals surface area contributed by atoms with Gasteiger partial charge in [0.25, 0.3) is 11.8 Å². The molecule has 8 nitrogen and oxygen atoms in total. The number of nitrogens with zero attached hydrogens (tertiary/aromatic N) is 2. The van der Waals surface area contributed by atoms with Crippen molar-refractivity contribution in [1.29, 1.82) is 0 Å². The Hall–Kier alpha value is -2.12. The Balaban J connectivity index is 1.50. The average Bonchev–Trinajstić information content (AvgIpc) is 2.90. The number of ether oxygens (including phenoxy) is 1. The summed E-state index contributed by atoms with van der Waals surface area (Å²) < 4.78 is 5.08. The molecule has 2 saturated heterocycles. The quantitative estimate of drug-likeness (QED) is 0.555. The molecule has 2 heterocycles. The van der Waals surface area contributed by atoms with Crippen LogP contribution < -0.4 is 5.32 Å². The van der Waals surface area contributed by atoms with Gasteiger partial charge in [-0.15, -0.1) is 0 Å². The van der Waals surface area contributed by atoms with E-state index in [9.17, 15) is 19.2 Å². The molecule has 0 radical (unpaired) electrons. The molecule has 4 amide bonds. The number of carbonyl (C=O) groups is 4. The summed E-state index contributed by atoms with van der Waals surface area (Å²) in [5.74, 6) is -0.390. The van der Waals surface area contributed by atoms with Gasteiger partial charge in [0.1, 0.15) is 12.1 Å². The third-order valence-corrected chi connectivity index (χ3v) is 6.96. The normalized spacial score (nSPS) is 29.9. The lowest BCUT2D eigenvalue weighted by atomic mass is 9.67. The number of piperidine rings is 1. The monoisotopic (exact) mass is 421 g/mol. The summed E-state index contributed by atoms with van der Waals surface area (Å²) in [5.41, 5.74) is -0.742. The molecule has 168 valence electrons. The highest BCUT2D eigenvalue weighted by Gasteiger charge is 2.53. The van der Waals surface area contributed by atoms with E-state index in [1.165, 1.54) is 0 Å². The molecule has 1 spiro atoms. The Kier molecular flexibility index (Phi) is 6.43. The zero-order valence-corrected chi connectivity index (χ0v) is 18.7. The molecule has 0 aromatic rings. The van der Waals surface area contributed by atoms with Crippen LogP contribution in [0.4, 0.5) is 4.79 Å². The van der Waals surface area contributed by atoms with Crippen molar-refractivity contribution in [2.24, 2.45) is 17.3 Å². The van der Waals surface area contributed by atoms with Crippen LogP contribution in [0.1, 0.15) is 66.2 Å². The fraction of sp³-hybridized carbons (Fsp3) is 0.818. The van der Waals surface area contributed by atoms with Crippen LogP contribution in [-0.2, 0) is 19.1 Å². The first kappa shape index (κ1) is 22.6. The standard InChI is InChI=1S/C22H35N3O5/c1-15-6-5-11-24(12-15)17(26)14-30-18(27)13-25-19(28)22(23-20(25)29)9-7-16(8-10-22)21(2,3)4/h15-16H,5-14H2,1-4H3,(H,23,29). The molecular weight excluding hydrogens is 386 g/mol. The Morgan fingerprint density at radius 3 is 2.43 bits per heavy atom. The number of imide groups is 1. The summed E-state index contributed by atoms with van der Waals surface area (Å²) in [4.78, 5) is 52.5. The lowest BCUT2D eigenvalue weighted by Crippen LogP contribution is -2.50. The zero-order valence-electron chi connectivity index (χ0n) is 18.7. The predicted molar refractivity (Wildman–Crippen MR) is 110 cm³/mol. The third kappa shape index (κ3) is 4.78. The number of urea groups is 1. The van der Waals surface area contributed by atoms with Crippen LogP contribution in [-0.4, -0.2) is 65.4 Å². The second-order valence-corrected chi connectivity index (χ2v) is 10.3. The van der Waals surface area contributed by atoms with E-state index in [4.69, 9.17) is 4.74 Å². The highest BCUT2D eigenvalue weighted by atomic mass is 16.5. The molecule has 3 fully saturated rings. The van der Waals surface area contributed by atoms with Gasteiger partial charge < -0.3 is 15.0 Å². The second-order valence-electron chi connectivity index (χ2n) is 10.3. The lowest BCUT2D eigenvalue weighted by molar-refractivity contribution is -0.154. The predicted octanol–water partition coefficient (Wildman–Crippen LogP) is 2.31. The summed E-state index contributed by atoms with van der Waals surface area (Å²) in [5, 5.41) is 2.82. The summed E-state index contributed by atoms with van der Waals surface area (Å²) in [6, 6.07) is -0.553. The molecule has 1 unspecified atom stereocenters. The first-order valence-electron chi connectivity index (χ1n) is 11.1. The van der Waals surface area contributed by atoms with Crippen molar-refractivity contribution in [3.05, 3.63) is 0 Å². The van der Waals surface area contributed by atoms with Gasteiger partial charge in [-0.3, -0.25) is 19.3 Å². The number of rotatable bonds is 4. The van der Waals surface area contributed by atoms with Gasteiger partial charge in [0.2, 0.25) is 0 Å². The third-order valence-electron chi connectivity index (χ3n) is 6.96. The van der Waals surface area contributed by atoms with Crippen LogP contribution in [0.3, 0.4) is 0 Å². The van der Waals surface area contributed by atoms with Crippen LogP contribution >= 0.6 is 0 Å². The number of likely N-dealkylation sites (tertiary alicyclic amines) is 1. The maximum atomic E-state index is 13.0. The van der Waals surface area contributed by atoms with E-state index >= 15 is 0 Å². The maximum absolute atomic E-state index is 13.0. The first-order valence-corrected chi connectivity index (χ1v) is 11.1. The van der Waals surface area contributed by atoms with Crippen molar-refractivity contribution in [1.82, 2.24) is 15.1 Å². The van der Waals surface area contributed by atoms with Crippen molar-refractivity contribution in [2.75, 3.05) is 26.2 Å². The lowest BCUT2D eigenvalue weighted by Gasteiger charge is -2.40. The summed E-state index contributed by atoms with van der Waals surface area (Å²) >= 11 is 0. The highest BCUT2D eigenvalue weighted by molar-refractivity contribution is 6.08. The van der Waals surface area contributed by atoms with E-state index in [0.717, 1.165) is 30.6 Å². The zero-order chi connectivity index (χ0) is 22.1. The van der Waals surface area contributed by atoms with Gasteiger partial charge in [-0.2, -0.15) is 0 Å². The second kappa shape index (κ2) is 8.55. The van der Waals surface area contributed by atoms with Crippen LogP contribution in [0.25, 0.3) is 0 Å². The summed E-state index contributed by atoms with van der Waals surface area (Å²) in [6.45, 7) is 9.20. The molecule has 0 aromatic heterocycles. The Bertz CT molecular complexity index is 706. The minimum atomic E-state index is -0.904. The molecule has 0 bridgehead atoms. The summed E-state index contributed by atoms with van der Waals surface area (Å²) in [7, 11) is 0. The molecule has 1 N–H and O–H groups in total. The van der Waals surface area contributed by atoms with Crippen LogP contribution in [0.2, 0.25) is 0 Å². The number of carbonyl (C=O) groups excluding carboxylic acids is 4. The number of esters is 1. The van der Waals surface area contributed by atoms with Gasteiger partial charge in [0.15, 0.2) is 6.61 Å². The van der Waals surface area contributed by atoms with E-state index in [1.54, 1.807) is 4.90 Å². The van der Waals surface area contributed by atoms with Gasteiger partial charge in [-0.1, -0.05) is 27.7 Å². The van der Waals surface area contributed by atoms with Gasteiger partial charge in [-0.05, 0) is 55.8 Å². The topological polar surface area (TPSA) is 96.0 Å². The van der Waals surface area contributed by atoms with Crippen molar-refractivity contribution < 1.29 is 23.9 Å². The van der Waals surface area contributed by atoms with Crippen LogP contribution in [0, 0.1) is 17.3 Å². The van der Waals surface area contributed by atoms with Gasteiger partial charge in [0.05, 0.1) is 0 Å². The van der Waals surface area contributed by atoms with Crippen LogP contribution in [0.15, 0.2) is 0 Å². The minimum absolute atomic E-state index is 0.162. The molecular formula is C22H35N3O5. The van der Waals surface area contributed by atoms with E-state index in [0.29, 0.717) is 37.8 Å². The van der Waals surface area contributed by atoms with Crippen LogP contribution in [0.5, 0.6) is 0 Å². The molecule has 3 aliphatic rings. The Morgan fingerprint density at radius 2 is 1.83 bits per heavy atom. The molecule has 3 rings (SSSR count). The fourth-order valence-electron chi connectivity index (χ4n) is 4.96. The Labute approximate surface area is 178 Å². The van der Waals surface area contributed by atoms with E-state index < -0.39 is 24.1 Å². The molecule has 8 heteroatoms. The molecule has 1 aliphatic carbocycles. The average molecular weight is 422 g/mol. The number of hydrogen-bond donors (Lipinski definition) is 1.